The summed E-state index contributed by atoms with van der Waals surface area (Å²) in [5, 5.41) is 2.91. The maximum atomic E-state index is 12.6. The molecule has 1 aromatic heterocycles. The fourth-order valence-corrected chi connectivity index (χ4v) is 3.04. The number of rotatable bonds is 7. The summed E-state index contributed by atoms with van der Waals surface area (Å²) in [6.07, 6.45) is 4.27. The first kappa shape index (κ1) is 20.3. The third-order valence-electron chi connectivity index (χ3n) is 4.76. The molecule has 1 N–H and O–H groups in total. The van der Waals surface area contributed by atoms with Crippen LogP contribution in [-0.2, 0) is 13.0 Å². The first-order chi connectivity index (χ1) is 14.0. The number of carbonyl (C=O) groups excluding carboxylic acids is 2. The molecule has 1 heterocycles. The predicted octanol–water partition coefficient (Wildman–Crippen LogP) is 3.63. The fraction of sp³-hybridized carbons (Fsp3) is 0.208. The van der Waals surface area contributed by atoms with Crippen molar-refractivity contribution in [2.75, 3.05) is 13.6 Å². The van der Waals surface area contributed by atoms with E-state index in [4.69, 9.17) is 0 Å². The van der Waals surface area contributed by atoms with E-state index in [9.17, 15) is 9.59 Å². The number of carbonyl (C=O) groups is 2. The minimum Gasteiger partial charge on any atom is -0.348 e. The molecule has 0 fully saturated rings. The van der Waals surface area contributed by atoms with Gasteiger partial charge in [-0.2, -0.15) is 0 Å². The van der Waals surface area contributed by atoms with Gasteiger partial charge in [-0.25, -0.2) is 0 Å². The molecular formula is C24H25N3O2. The second kappa shape index (κ2) is 9.64. The molecule has 0 aliphatic rings. The van der Waals surface area contributed by atoms with E-state index in [2.05, 4.69) is 10.3 Å². The molecule has 0 unspecified atom stereocenters. The Morgan fingerprint density at radius 2 is 1.62 bits per heavy atom. The molecular weight excluding hydrogens is 362 g/mol. The van der Waals surface area contributed by atoms with E-state index in [0.717, 1.165) is 23.1 Å². The molecule has 3 rings (SSSR count). The number of hydrogen-bond donors (Lipinski definition) is 1. The molecule has 2 amide bonds. The van der Waals surface area contributed by atoms with Gasteiger partial charge in [0.1, 0.15) is 0 Å². The van der Waals surface area contributed by atoms with Crippen LogP contribution in [0.4, 0.5) is 0 Å². The summed E-state index contributed by atoms with van der Waals surface area (Å²) >= 11 is 0. The molecule has 29 heavy (non-hydrogen) atoms. The van der Waals surface area contributed by atoms with E-state index < -0.39 is 0 Å². The van der Waals surface area contributed by atoms with Gasteiger partial charge < -0.3 is 10.2 Å². The molecule has 0 bridgehead atoms. The zero-order valence-electron chi connectivity index (χ0n) is 16.8. The highest BCUT2D eigenvalue weighted by Gasteiger charge is 2.13. The van der Waals surface area contributed by atoms with Crippen LogP contribution >= 0.6 is 0 Å². The summed E-state index contributed by atoms with van der Waals surface area (Å²) < 4.78 is 0. The van der Waals surface area contributed by atoms with Crippen LogP contribution in [0.15, 0.2) is 73.1 Å². The molecule has 5 heteroatoms. The van der Waals surface area contributed by atoms with Gasteiger partial charge in [-0.15, -0.1) is 0 Å². The van der Waals surface area contributed by atoms with Crippen LogP contribution < -0.4 is 5.32 Å². The largest absolute Gasteiger partial charge is 0.348 e. The first-order valence-electron chi connectivity index (χ1n) is 9.61. The number of amides is 2. The van der Waals surface area contributed by atoms with Gasteiger partial charge >= 0.3 is 0 Å². The van der Waals surface area contributed by atoms with Gasteiger partial charge in [0.2, 0.25) is 0 Å². The Hall–Kier alpha value is -3.47. The van der Waals surface area contributed by atoms with Crippen LogP contribution in [0.2, 0.25) is 0 Å². The molecule has 0 spiro atoms. The SMILES string of the molecule is Cc1cccc(CNC(=O)c2ccc(C(=O)N(C)CCc3ccncc3)cc2)c1. The fourth-order valence-electron chi connectivity index (χ4n) is 3.04. The molecule has 2 aromatic carbocycles. The molecule has 0 aliphatic heterocycles. The number of nitrogens with one attached hydrogen (secondary N) is 1. The average Bonchev–Trinajstić information content (AvgIpc) is 2.76. The Balaban J connectivity index is 1.54. The van der Waals surface area contributed by atoms with Crippen LogP contribution in [0.3, 0.4) is 0 Å². The van der Waals surface area contributed by atoms with Crippen LogP contribution in [0, 0.1) is 6.92 Å². The summed E-state index contributed by atoms with van der Waals surface area (Å²) in [5.74, 6) is -0.220. The lowest BCUT2D eigenvalue weighted by molar-refractivity contribution is 0.0795. The Kier molecular flexibility index (Phi) is 6.74. The van der Waals surface area contributed by atoms with E-state index in [1.165, 1.54) is 0 Å². The standard InChI is InChI=1S/C24H25N3O2/c1-18-4-3-5-20(16-18)17-26-23(28)21-6-8-22(9-7-21)24(29)27(2)15-12-19-10-13-25-14-11-19/h3-11,13-14,16H,12,15,17H2,1-2H3,(H,26,28). The van der Waals surface area contributed by atoms with Crippen LogP contribution in [0.5, 0.6) is 0 Å². The summed E-state index contributed by atoms with van der Waals surface area (Å²) in [5.41, 5.74) is 4.46. The molecule has 5 nitrogen and oxygen atoms in total. The molecule has 0 aliphatic carbocycles. The smallest absolute Gasteiger partial charge is 0.253 e. The van der Waals surface area contributed by atoms with E-state index >= 15 is 0 Å². The Morgan fingerprint density at radius 1 is 0.931 bits per heavy atom. The van der Waals surface area contributed by atoms with E-state index in [0.29, 0.717) is 24.2 Å². The highest BCUT2D eigenvalue weighted by molar-refractivity contribution is 5.97. The van der Waals surface area contributed by atoms with Crippen molar-refractivity contribution in [3.63, 3.8) is 0 Å². The van der Waals surface area contributed by atoms with E-state index in [-0.39, 0.29) is 11.8 Å². The van der Waals surface area contributed by atoms with Gasteiger partial charge in [0, 0.05) is 43.7 Å². The number of aryl methyl sites for hydroxylation is 1. The second-order valence-corrected chi connectivity index (χ2v) is 7.08. The third-order valence-corrected chi connectivity index (χ3v) is 4.76. The topological polar surface area (TPSA) is 62.3 Å². The normalized spacial score (nSPS) is 10.4. The average molecular weight is 387 g/mol. The van der Waals surface area contributed by atoms with E-state index in [1.54, 1.807) is 48.6 Å². The molecule has 3 aromatic rings. The summed E-state index contributed by atoms with van der Waals surface area (Å²) in [7, 11) is 1.78. The van der Waals surface area contributed by atoms with Gasteiger partial charge in [-0.05, 0) is 60.9 Å². The monoisotopic (exact) mass is 387 g/mol. The number of likely N-dealkylation sites (N-methyl/N-ethyl adjacent to an activating group) is 1. The van der Waals surface area contributed by atoms with Gasteiger partial charge in [0.15, 0.2) is 0 Å². The van der Waals surface area contributed by atoms with Gasteiger partial charge in [0.05, 0.1) is 0 Å². The van der Waals surface area contributed by atoms with Crippen LogP contribution in [-0.4, -0.2) is 35.3 Å². The van der Waals surface area contributed by atoms with Crippen molar-refractivity contribution in [1.29, 1.82) is 0 Å². The molecule has 148 valence electrons. The van der Waals surface area contributed by atoms with Gasteiger partial charge in [0.25, 0.3) is 11.8 Å². The molecule has 0 radical (unpaired) electrons. The van der Waals surface area contributed by atoms with Crippen molar-refractivity contribution in [2.45, 2.75) is 19.9 Å². The number of pyridine rings is 1. The third kappa shape index (κ3) is 5.75. The Bertz CT molecular complexity index is 969. The summed E-state index contributed by atoms with van der Waals surface area (Å²) in [6, 6.07) is 18.7. The van der Waals surface area contributed by atoms with Crippen molar-refractivity contribution in [1.82, 2.24) is 15.2 Å². The maximum absolute atomic E-state index is 12.6. The number of aromatic nitrogens is 1. The Morgan fingerprint density at radius 3 is 2.31 bits per heavy atom. The zero-order valence-corrected chi connectivity index (χ0v) is 16.8. The maximum Gasteiger partial charge on any atom is 0.253 e. The lowest BCUT2D eigenvalue weighted by atomic mass is 10.1. The van der Waals surface area contributed by atoms with Gasteiger partial charge in [-0.3, -0.25) is 14.6 Å². The highest BCUT2D eigenvalue weighted by Crippen LogP contribution is 2.09. The molecule has 0 saturated carbocycles. The molecule has 0 saturated heterocycles. The van der Waals surface area contributed by atoms with E-state index in [1.807, 2.05) is 43.3 Å². The van der Waals surface area contributed by atoms with Crippen molar-refractivity contribution in [3.05, 3.63) is 101 Å². The van der Waals surface area contributed by atoms with Crippen LogP contribution in [0.25, 0.3) is 0 Å². The first-order valence-corrected chi connectivity index (χ1v) is 9.61. The number of nitrogens with zero attached hydrogens (tertiary/aromatic N) is 2. The van der Waals surface area contributed by atoms with Crippen LogP contribution in [0.1, 0.15) is 37.4 Å². The van der Waals surface area contributed by atoms with Crippen molar-refractivity contribution >= 4 is 11.8 Å². The summed E-state index contributed by atoms with van der Waals surface area (Å²) in [6.45, 7) is 3.11. The molecule has 0 atom stereocenters. The summed E-state index contributed by atoms with van der Waals surface area (Å²) in [4.78, 5) is 30.7. The quantitative estimate of drug-likeness (QED) is 0.673. The minimum absolute atomic E-state index is 0.0641. The Labute approximate surface area is 171 Å². The number of hydrogen-bond acceptors (Lipinski definition) is 3. The minimum atomic E-state index is -0.156. The van der Waals surface area contributed by atoms with Crippen molar-refractivity contribution in [2.24, 2.45) is 0 Å². The lowest BCUT2D eigenvalue weighted by Gasteiger charge is -2.17. The highest BCUT2D eigenvalue weighted by atomic mass is 16.2. The van der Waals surface area contributed by atoms with Crippen molar-refractivity contribution in [3.8, 4) is 0 Å². The van der Waals surface area contributed by atoms with Crippen molar-refractivity contribution < 1.29 is 9.59 Å². The lowest BCUT2D eigenvalue weighted by Crippen LogP contribution is -2.29. The van der Waals surface area contributed by atoms with Gasteiger partial charge in [-0.1, -0.05) is 29.8 Å². The predicted molar refractivity (Wildman–Crippen MR) is 114 cm³/mol. The zero-order chi connectivity index (χ0) is 20.6. The number of benzene rings is 2. The second-order valence-electron chi connectivity index (χ2n) is 7.08.